The lowest BCUT2D eigenvalue weighted by atomic mass is 9.97. The zero-order valence-corrected chi connectivity index (χ0v) is 11.8. The third-order valence-electron chi connectivity index (χ3n) is 2.73. The van der Waals surface area contributed by atoms with Crippen LogP contribution in [0.4, 0.5) is 8.78 Å². The van der Waals surface area contributed by atoms with E-state index in [-0.39, 0.29) is 17.9 Å². The first-order chi connectivity index (χ1) is 9.23. The van der Waals surface area contributed by atoms with Crippen LogP contribution in [0.15, 0.2) is 12.1 Å². The van der Waals surface area contributed by atoms with Crippen LogP contribution in [0, 0.1) is 6.92 Å². The van der Waals surface area contributed by atoms with Gasteiger partial charge in [0.05, 0.1) is 24.8 Å². The number of ether oxygens (including phenoxy) is 2. The fraction of sp³-hybridized carbons (Fsp3) is 0.429. The van der Waals surface area contributed by atoms with Crippen molar-refractivity contribution in [2.75, 3.05) is 13.7 Å². The summed E-state index contributed by atoms with van der Waals surface area (Å²) in [5.74, 6) is -5.57. The van der Waals surface area contributed by atoms with Crippen molar-refractivity contribution in [3.05, 3.63) is 28.8 Å². The Morgan fingerprint density at radius 2 is 1.90 bits per heavy atom. The van der Waals surface area contributed by atoms with Gasteiger partial charge in [-0.25, -0.2) is 13.6 Å². The molecule has 110 valence electrons. The Hall–Kier alpha value is -1.98. The molecule has 0 aromatic heterocycles. The molecule has 0 aliphatic rings. The maximum absolute atomic E-state index is 13.5. The van der Waals surface area contributed by atoms with E-state index < -0.39 is 23.2 Å². The number of hydrogen-bond donors (Lipinski definition) is 0. The predicted octanol–water partition coefficient (Wildman–Crippen LogP) is 2.86. The third-order valence-corrected chi connectivity index (χ3v) is 2.73. The van der Waals surface area contributed by atoms with E-state index in [4.69, 9.17) is 4.74 Å². The Bertz CT molecular complexity index is 533. The molecule has 0 N–H and O–H groups in total. The summed E-state index contributed by atoms with van der Waals surface area (Å²) in [7, 11) is 1.17. The van der Waals surface area contributed by atoms with E-state index in [0.717, 1.165) is 0 Å². The van der Waals surface area contributed by atoms with Gasteiger partial charge in [0.2, 0.25) is 0 Å². The van der Waals surface area contributed by atoms with Crippen LogP contribution in [0.3, 0.4) is 0 Å². The van der Waals surface area contributed by atoms with Gasteiger partial charge in [-0.1, -0.05) is 6.07 Å². The molecule has 0 spiro atoms. The van der Waals surface area contributed by atoms with Gasteiger partial charge in [0.15, 0.2) is 0 Å². The molecule has 4 nitrogen and oxygen atoms in total. The molecule has 0 aliphatic carbocycles. The van der Waals surface area contributed by atoms with Crippen molar-refractivity contribution >= 4 is 11.8 Å². The maximum Gasteiger partial charge on any atom is 0.379 e. The van der Waals surface area contributed by atoms with E-state index in [2.05, 4.69) is 4.74 Å². The van der Waals surface area contributed by atoms with Crippen molar-refractivity contribution in [1.82, 2.24) is 0 Å². The first-order valence-corrected chi connectivity index (χ1v) is 6.01. The lowest BCUT2D eigenvalue weighted by Gasteiger charge is -2.18. The molecule has 0 heterocycles. The van der Waals surface area contributed by atoms with Gasteiger partial charge >= 0.3 is 5.97 Å². The van der Waals surface area contributed by atoms with Gasteiger partial charge in [0.1, 0.15) is 5.75 Å². The van der Waals surface area contributed by atoms with Crippen LogP contribution in [0.2, 0.25) is 0 Å². The molecular formula is C14H16F2O4. The van der Waals surface area contributed by atoms with Crippen molar-refractivity contribution in [2.45, 2.75) is 26.7 Å². The number of Topliss-reactive ketones (excluding diaryl/α,β-unsaturated/α-hetero) is 1. The van der Waals surface area contributed by atoms with E-state index in [1.54, 1.807) is 6.92 Å². The standard InChI is InChI=1S/C14H16F2O4/c1-5-20-13(18)11(17)10-8(2)6-7-9(12(10)19-4)14(3,15)16/h6-7H,5H2,1-4H3. The van der Waals surface area contributed by atoms with Crippen LogP contribution in [0.25, 0.3) is 0 Å². The second-order valence-electron chi connectivity index (χ2n) is 4.28. The highest BCUT2D eigenvalue weighted by Crippen LogP contribution is 2.38. The summed E-state index contributed by atoms with van der Waals surface area (Å²) >= 11 is 0. The van der Waals surface area contributed by atoms with Crippen LogP contribution in [0.5, 0.6) is 5.75 Å². The molecular weight excluding hydrogens is 270 g/mol. The normalized spacial score (nSPS) is 11.1. The number of rotatable bonds is 5. The second kappa shape index (κ2) is 5.98. The lowest BCUT2D eigenvalue weighted by Crippen LogP contribution is -2.21. The SMILES string of the molecule is CCOC(=O)C(=O)c1c(C)ccc(C(C)(F)F)c1OC. The Morgan fingerprint density at radius 3 is 2.35 bits per heavy atom. The fourth-order valence-electron chi connectivity index (χ4n) is 1.82. The van der Waals surface area contributed by atoms with E-state index in [0.29, 0.717) is 12.5 Å². The number of halogens is 2. The van der Waals surface area contributed by atoms with Crippen LogP contribution >= 0.6 is 0 Å². The molecule has 0 fully saturated rings. The fourth-order valence-corrected chi connectivity index (χ4v) is 1.82. The minimum atomic E-state index is -3.19. The van der Waals surface area contributed by atoms with Gasteiger partial charge in [0, 0.05) is 6.92 Å². The van der Waals surface area contributed by atoms with Crippen molar-refractivity contribution in [1.29, 1.82) is 0 Å². The van der Waals surface area contributed by atoms with Gasteiger partial charge in [-0.15, -0.1) is 0 Å². The highest BCUT2D eigenvalue weighted by molar-refractivity contribution is 6.41. The van der Waals surface area contributed by atoms with Crippen molar-refractivity contribution in [3.63, 3.8) is 0 Å². The van der Waals surface area contributed by atoms with Gasteiger partial charge in [0.25, 0.3) is 11.7 Å². The molecule has 0 bridgehead atoms. The number of benzene rings is 1. The maximum atomic E-state index is 13.5. The summed E-state index contributed by atoms with van der Waals surface area (Å²) in [6.45, 7) is 3.80. The number of methoxy groups -OCH3 is 1. The molecule has 0 radical (unpaired) electrons. The molecule has 0 aliphatic heterocycles. The number of alkyl halides is 2. The van der Waals surface area contributed by atoms with E-state index in [1.807, 2.05) is 0 Å². The first-order valence-electron chi connectivity index (χ1n) is 6.01. The molecule has 20 heavy (non-hydrogen) atoms. The van der Waals surface area contributed by atoms with Gasteiger partial charge in [-0.2, -0.15) is 0 Å². The quantitative estimate of drug-likeness (QED) is 0.474. The van der Waals surface area contributed by atoms with Crippen molar-refractivity contribution in [3.8, 4) is 5.75 Å². The van der Waals surface area contributed by atoms with Crippen LogP contribution in [0.1, 0.15) is 35.3 Å². The summed E-state index contributed by atoms with van der Waals surface area (Å²) in [4.78, 5) is 23.5. The largest absolute Gasteiger partial charge is 0.495 e. The molecule has 0 amide bonds. The van der Waals surface area contributed by atoms with Gasteiger partial charge in [-0.05, 0) is 25.5 Å². The van der Waals surface area contributed by atoms with Crippen LogP contribution < -0.4 is 4.74 Å². The second-order valence-corrected chi connectivity index (χ2v) is 4.28. The number of carbonyl (C=O) groups excluding carboxylic acids is 2. The van der Waals surface area contributed by atoms with Gasteiger partial charge < -0.3 is 9.47 Å². The topological polar surface area (TPSA) is 52.6 Å². The minimum absolute atomic E-state index is 0.0234. The number of hydrogen-bond acceptors (Lipinski definition) is 4. The van der Waals surface area contributed by atoms with E-state index in [9.17, 15) is 18.4 Å². The Balaban J connectivity index is 3.46. The summed E-state index contributed by atoms with van der Waals surface area (Å²) in [6.07, 6.45) is 0. The van der Waals surface area contributed by atoms with Crippen molar-refractivity contribution < 1.29 is 27.8 Å². The summed E-state index contributed by atoms with van der Waals surface area (Å²) in [6, 6.07) is 2.53. The Kier molecular flexibility index (Phi) is 4.81. The highest BCUT2D eigenvalue weighted by atomic mass is 19.3. The van der Waals surface area contributed by atoms with Crippen LogP contribution in [-0.4, -0.2) is 25.5 Å². The van der Waals surface area contributed by atoms with E-state index >= 15 is 0 Å². The third kappa shape index (κ3) is 3.12. The molecule has 1 rings (SSSR count). The molecule has 6 heteroatoms. The minimum Gasteiger partial charge on any atom is -0.495 e. The average molecular weight is 286 g/mol. The van der Waals surface area contributed by atoms with Crippen LogP contribution in [-0.2, 0) is 15.5 Å². The zero-order valence-electron chi connectivity index (χ0n) is 11.8. The average Bonchev–Trinajstić information content (AvgIpc) is 2.36. The number of aryl methyl sites for hydroxylation is 1. The lowest BCUT2D eigenvalue weighted by molar-refractivity contribution is -0.137. The number of esters is 1. The first kappa shape index (κ1) is 16.1. The Labute approximate surface area is 115 Å². The number of ketones is 1. The smallest absolute Gasteiger partial charge is 0.379 e. The van der Waals surface area contributed by atoms with Crippen molar-refractivity contribution in [2.24, 2.45) is 0 Å². The molecule has 0 unspecified atom stereocenters. The molecule has 1 aromatic carbocycles. The Morgan fingerprint density at radius 1 is 1.30 bits per heavy atom. The summed E-state index contributed by atoms with van der Waals surface area (Å²) in [5.41, 5.74) is -0.267. The van der Waals surface area contributed by atoms with Gasteiger partial charge in [-0.3, -0.25) is 4.79 Å². The zero-order chi connectivity index (χ0) is 15.5. The molecule has 0 atom stereocenters. The molecule has 0 saturated carbocycles. The molecule has 0 saturated heterocycles. The predicted molar refractivity (Wildman–Crippen MR) is 68.3 cm³/mol. The summed E-state index contributed by atoms with van der Waals surface area (Å²) in [5, 5.41) is 0. The van der Waals surface area contributed by atoms with E-state index in [1.165, 1.54) is 26.2 Å². The monoisotopic (exact) mass is 286 g/mol. The molecule has 1 aromatic rings. The summed E-state index contributed by atoms with van der Waals surface area (Å²) < 4.78 is 36.6. The highest BCUT2D eigenvalue weighted by Gasteiger charge is 2.33. The number of carbonyl (C=O) groups is 2.